The summed E-state index contributed by atoms with van der Waals surface area (Å²) in [6.45, 7) is 8.32. The highest BCUT2D eigenvalue weighted by Crippen LogP contribution is 2.17. The second-order valence-electron chi connectivity index (χ2n) is 7.68. The van der Waals surface area contributed by atoms with E-state index >= 15 is 0 Å². The number of piperidine rings is 1. The Balaban J connectivity index is 0.000000421. The first-order chi connectivity index (χ1) is 13.6. The van der Waals surface area contributed by atoms with Gasteiger partial charge in [-0.3, -0.25) is 4.90 Å². The highest BCUT2D eigenvalue weighted by atomic mass is 35.5. The number of anilines is 2. The third kappa shape index (κ3) is 10.1. The molecular weight excluding hydrogens is 467 g/mol. The fourth-order valence-corrected chi connectivity index (χ4v) is 4.06. The van der Waals surface area contributed by atoms with Crippen molar-refractivity contribution < 1.29 is 9.53 Å². The number of aromatic nitrogens is 2. The molecule has 3 heterocycles. The van der Waals surface area contributed by atoms with Gasteiger partial charge in [0.15, 0.2) is 10.3 Å². The summed E-state index contributed by atoms with van der Waals surface area (Å²) in [5, 5.41) is 7.99. The average molecular weight is 498 g/mol. The van der Waals surface area contributed by atoms with Gasteiger partial charge in [-0.15, -0.1) is 46.7 Å². The highest BCUT2D eigenvalue weighted by Gasteiger charge is 2.23. The molecule has 0 saturated carbocycles. The van der Waals surface area contributed by atoms with Crippen LogP contribution in [0.15, 0.2) is 10.8 Å². The van der Waals surface area contributed by atoms with E-state index in [0.717, 1.165) is 43.9 Å². The first-order valence-electron chi connectivity index (χ1n) is 9.32. The minimum absolute atomic E-state index is 0. The molecule has 8 nitrogen and oxygen atoms in total. The van der Waals surface area contributed by atoms with E-state index in [1.807, 2.05) is 31.5 Å². The summed E-state index contributed by atoms with van der Waals surface area (Å²) in [4.78, 5) is 22.2. The third-order valence-corrected chi connectivity index (χ3v) is 5.69. The lowest BCUT2D eigenvalue weighted by Gasteiger charge is -2.32. The van der Waals surface area contributed by atoms with Gasteiger partial charge in [0, 0.05) is 36.4 Å². The number of amides is 1. The van der Waals surface area contributed by atoms with Gasteiger partial charge < -0.3 is 21.5 Å². The van der Waals surface area contributed by atoms with Gasteiger partial charge >= 0.3 is 6.09 Å². The van der Waals surface area contributed by atoms with Crippen LogP contribution in [0.2, 0.25) is 0 Å². The van der Waals surface area contributed by atoms with Crippen molar-refractivity contribution >= 4 is 63.0 Å². The van der Waals surface area contributed by atoms with Crippen molar-refractivity contribution in [3.63, 3.8) is 0 Å². The van der Waals surface area contributed by atoms with E-state index in [4.69, 9.17) is 27.8 Å². The summed E-state index contributed by atoms with van der Waals surface area (Å²) in [5.41, 5.74) is 12.4. The fourth-order valence-electron chi connectivity index (χ4n) is 2.72. The number of hydrogen-bond acceptors (Lipinski definition) is 9. The molecule has 0 radical (unpaired) electrons. The molecule has 0 atom stereocenters. The van der Waals surface area contributed by atoms with Gasteiger partial charge in [-0.2, -0.15) is 0 Å². The van der Waals surface area contributed by atoms with Crippen molar-refractivity contribution in [2.45, 2.75) is 57.7 Å². The van der Waals surface area contributed by atoms with Gasteiger partial charge in [0.25, 0.3) is 0 Å². The van der Waals surface area contributed by atoms with Crippen LogP contribution in [0.25, 0.3) is 0 Å². The molecule has 0 aromatic carbocycles. The van der Waals surface area contributed by atoms with Gasteiger partial charge in [-0.05, 0) is 33.6 Å². The van der Waals surface area contributed by atoms with Crippen LogP contribution in [0.1, 0.15) is 45.0 Å². The Morgan fingerprint density at radius 3 is 2.13 bits per heavy atom. The molecule has 0 unspecified atom stereocenters. The van der Waals surface area contributed by atoms with E-state index in [0.29, 0.717) is 16.1 Å². The molecule has 30 heavy (non-hydrogen) atoms. The number of thiazole rings is 2. The van der Waals surface area contributed by atoms with Crippen molar-refractivity contribution in [1.29, 1.82) is 0 Å². The standard InChI is InChI=1S/C14H24N4O2S.C4H5ClN2S.ClH/c1-14(2,3)20-13(19)17-10-4-6-18(7-5-10)8-11-9-21-12(15)16-11;5-1-3-2-8-4(6)7-3;/h9-10H,4-8H2,1-3H3,(H2,15,16)(H,17,19);2H,1H2,(H2,6,7);1H. The maximum atomic E-state index is 11.7. The van der Waals surface area contributed by atoms with E-state index in [-0.39, 0.29) is 24.5 Å². The minimum atomic E-state index is -0.449. The zero-order valence-electron chi connectivity index (χ0n) is 17.4. The summed E-state index contributed by atoms with van der Waals surface area (Å²) in [6, 6.07) is 0.191. The number of nitrogen functional groups attached to an aromatic ring is 2. The van der Waals surface area contributed by atoms with Crippen LogP contribution in [-0.2, 0) is 17.2 Å². The largest absolute Gasteiger partial charge is 0.444 e. The lowest BCUT2D eigenvalue weighted by molar-refractivity contribution is 0.0477. The molecule has 1 aliphatic rings. The number of nitrogens with zero attached hydrogens (tertiary/aromatic N) is 3. The Kier molecular flexibility index (Phi) is 11.1. The summed E-state index contributed by atoms with van der Waals surface area (Å²) in [5.74, 6) is 0.452. The Morgan fingerprint density at radius 2 is 1.73 bits per heavy atom. The molecule has 5 N–H and O–H groups in total. The number of nitrogens with one attached hydrogen (secondary N) is 1. The van der Waals surface area contributed by atoms with Gasteiger partial charge in [-0.1, -0.05) is 0 Å². The number of nitrogens with two attached hydrogens (primary N) is 2. The van der Waals surface area contributed by atoms with Gasteiger partial charge in [-0.25, -0.2) is 14.8 Å². The maximum absolute atomic E-state index is 11.7. The normalized spacial score (nSPS) is 14.9. The summed E-state index contributed by atoms with van der Waals surface area (Å²) in [6.07, 6.45) is 1.53. The number of rotatable bonds is 4. The third-order valence-electron chi connectivity index (χ3n) is 3.97. The lowest BCUT2D eigenvalue weighted by Crippen LogP contribution is -2.45. The summed E-state index contributed by atoms with van der Waals surface area (Å²) in [7, 11) is 0. The Hall–Kier alpha value is -1.33. The van der Waals surface area contributed by atoms with Crippen LogP contribution in [0, 0.1) is 0 Å². The topological polar surface area (TPSA) is 119 Å². The van der Waals surface area contributed by atoms with Gasteiger partial charge in [0.1, 0.15) is 5.60 Å². The molecule has 1 aliphatic heterocycles. The summed E-state index contributed by atoms with van der Waals surface area (Å²) < 4.78 is 5.28. The number of hydrogen-bond donors (Lipinski definition) is 3. The zero-order valence-corrected chi connectivity index (χ0v) is 20.6. The number of alkyl halides is 1. The van der Waals surface area contributed by atoms with Crippen LogP contribution in [0.3, 0.4) is 0 Å². The second kappa shape index (κ2) is 12.5. The van der Waals surface area contributed by atoms with Crippen molar-refractivity contribution in [2.75, 3.05) is 24.6 Å². The summed E-state index contributed by atoms with van der Waals surface area (Å²) >= 11 is 8.31. The van der Waals surface area contributed by atoms with Crippen molar-refractivity contribution in [2.24, 2.45) is 0 Å². The predicted molar refractivity (Wildman–Crippen MR) is 128 cm³/mol. The average Bonchev–Trinajstić information content (AvgIpc) is 3.23. The first-order valence-corrected chi connectivity index (χ1v) is 11.6. The number of likely N-dealkylation sites (tertiary alicyclic amines) is 1. The zero-order chi connectivity index (χ0) is 21.4. The molecule has 12 heteroatoms. The van der Waals surface area contributed by atoms with E-state index in [9.17, 15) is 4.79 Å². The highest BCUT2D eigenvalue weighted by molar-refractivity contribution is 7.13. The molecular formula is C18H30Cl2N6O2S2. The Morgan fingerprint density at radius 1 is 1.20 bits per heavy atom. The number of carbonyl (C=O) groups is 1. The van der Waals surface area contributed by atoms with Crippen molar-refractivity contribution in [3.05, 3.63) is 22.1 Å². The van der Waals surface area contributed by atoms with Crippen molar-refractivity contribution in [3.8, 4) is 0 Å². The number of halogens is 2. The van der Waals surface area contributed by atoms with Crippen LogP contribution in [0.5, 0.6) is 0 Å². The monoisotopic (exact) mass is 496 g/mol. The number of alkyl carbamates (subject to hydrolysis) is 1. The molecule has 1 saturated heterocycles. The molecule has 170 valence electrons. The van der Waals surface area contributed by atoms with Gasteiger partial charge in [0.05, 0.1) is 17.3 Å². The second-order valence-corrected chi connectivity index (χ2v) is 9.73. The molecule has 2 aromatic heterocycles. The van der Waals surface area contributed by atoms with Crippen LogP contribution >= 0.6 is 46.7 Å². The molecule has 3 rings (SSSR count). The smallest absolute Gasteiger partial charge is 0.407 e. The van der Waals surface area contributed by atoms with E-state index in [2.05, 4.69) is 20.2 Å². The molecule has 2 aromatic rings. The minimum Gasteiger partial charge on any atom is -0.444 e. The van der Waals surface area contributed by atoms with E-state index < -0.39 is 5.60 Å². The van der Waals surface area contributed by atoms with E-state index in [1.54, 1.807) is 0 Å². The van der Waals surface area contributed by atoms with Crippen LogP contribution in [-0.4, -0.2) is 45.7 Å². The first kappa shape index (κ1) is 26.7. The van der Waals surface area contributed by atoms with Gasteiger partial charge in [0.2, 0.25) is 0 Å². The molecule has 0 spiro atoms. The molecule has 1 amide bonds. The van der Waals surface area contributed by atoms with Crippen molar-refractivity contribution in [1.82, 2.24) is 20.2 Å². The quantitative estimate of drug-likeness (QED) is 0.544. The number of carbonyl (C=O) groups excluding carboxylic acids is 1. The Labute approximate surface area is 196 Å². The molecule has 0 aliphatic carbocycles. The van der Waals surface area contributed by atoms with E-state index in [1.165, 1.54) is 22.7 Å². The lowest BCUT2D eigenvalue weighted by atomic mass is 10.1. The maximum Gasteiger partial charge on any atom is 0.407 e. The SMILES string of the molecule is CC(C)(C)OC(=O)NC1CCN(Cc2csc(N)n2)CC1.Cl.Nc1nc(CCl)cs1. The van der Waals surface area contributed by atoms with Crippen LogP contribution in [0.4, 0.5) is 15.1 Å². The molecule has 1 fully saturated rings. The predicted octanol–water partition coefficient (Wildman–Crippen LogP) is 4.10. The number of ether oxygens (including phenoxy) is 1. The molecule has 0 bridgehead atoms. The fraction of sp³-hybridized carbons (Fsp3) is 0.611. The Bertz CT molecular complexity index is 773. The van der Waals surface area contributed by atoms with Crippen LogP contribution < -0.4 is 16.8 Å².